The van der Waals surface area contributed by atoms with Gasteiger partial charge in [0.25, 0.3) is 0 Å². The fraction of sp³-hybridized carbons (Fsp3) is 0.297. The molecule has 0 fully saturated rings. The zero-order valence-electron chi connectivity index (χ0n) is 27.5. The van der Waals surface area contributed by atoms with Crippen LogP contribution in [0.3, 0.4) is 0 Å². The van der Waals surface area contributed by atoms with Gasteiger partial charge in [0.15, 0.2) is 0 Å². The molecule has 242 valence electrons. The highest BCUT2D eigenvalue weighted by Crippen LogP contribution is 2.22. The largest absolute Gasteiger partial charge is 0.329 e. The summed E-state index contributed by atoms with van der Waals surface area (Å²) in [6, 6.07) is 29.9. The second-order valence-electron chi connectivity index (χ2n) is 11.8. The van der Waals surface area contributed by atoms with E-state index in [0.717, 1.165) is 35.5 Å². The molecule has 46 heavy (non-hydrogen) atoms. The lowest BCUT2D eigenvalue weighted by Gasteiger charge is -2.19. The van der Waals surface area contributed by atoms with Crippen molar-refractivity contribution < 1.29 is 9.59 Å². The van der Waals surface area contributed by atoms with Crippen molar-refractivity contribution in [3.8, 4) is 11.3 Å². The van der Waals surface area contributed by atoms with Crippen molar-refractivity contribution in [3.63, 3.8) is 0 Å². The molecule has 0 aliphatic rings. The van der Waals surface area contributed by atoms with Gasteiger partial charge < -0.3 is 15.5 Å². The number of aryl methyl sites for hydroxylation is 1. The molecular formula is C37H46N6O2S. The number of hydrogen-bond donors (Lipinski definition) is 4. The minimum Gasteiger partial charge on any atom is -0.316 e. The Labute approximate surface area is 278 Å². The first-order chi connectivity index (χ1) is 22.1. The van der Waals surface area contributed by atoms with Crippen LogP contribution in [0.25, 0.3) is 11.3 Å². The number of carbonyl (C=O) groups excluding carboxylic acids is 2. The molecule has 0 spiro atoms. The van der Waals surface area contributed by atoms with Gasteiger partial charge in [-0.1, -0.05) is 87.5 Å². The summed E-state index contributed by atoms with van der Waals surface area (Å²) in [5.74, 6) is 0.356. The number of aromatic nitrogens is 1. The van der Waals surface area contributed by atoms with E-state index in [9.17, 15) is 9.59 Å². The van der Waals surface area contributed by atoms with Crippen LogP contribution in [-0.2, 0) is 23.2 Å². The van der Waals surface area contributed by atoms with E-state index in [-0.39, 0.29) is 11.4 Å². The second kappa shape index (κ2) is 18.5. The van der Waals surface area contributed by atoms with E-state index >= 15 is 0 Å². The van der Waals surface area contributed by atoms with E-state index in [2.05, 4.69) is 77.5 Å². The van der Waals surface area contributed by atoms with Crippen LogP contribution in [-0.4, -0.2) is 41.8 Å². The zero-order valence-corrected chi connectivity index (χ0v) is 28.3. The third-order valence-corrected chi connectivity index (χ3v) is 7.97. The van der Waals surface area contributed by atoms with Crippen LogP contribution in [0.4, 0.5) is 10.5 Å². The van der Waals surface area contributed by atoms with Crippen LogP contribution in [0.1, 0.15) is 57.2 Å². The fourth-order valence-corrected chi connectivity index (χ4v) is 5.05. The summed E-state index contributed by atoms with van der Waals surface area (Å²) >= 11 is 1.25. The molecule has 4 N–H and O–H groups in total. The SMILES string of the molecule is CCN(C=O)C(=N)CCCc1ccc(-c2ccc(NC(=O)NSc3ccccc3)cn2)cc1.CNCc1ccc(C(C)(C)C)cc1. The van der Waals surface area contributed by atoms with Gasteiger partial charge in [-0.25, -0.2) is 4.79 Å². The number of nitrogens with one attached hydrogen (secondary N) is 4. The van der Waals surface area contributed by atoms with Crippen LogP contribution < -0.4 is 15.4 Å². The molecule has 4 aromatic rings. The highest BCUT2D eigenvalue weighted by molar-refractivity contribution is 7.98. The van der Waals surface area contributed by atoms with Crippen molar-refractivity contribution >= 4 is 35.9 Å². The maximum absolute atomic E-state index is 12.1. The average Bonchev–Trinajstić information content (AvgIpc) is 3.06. The predicted molar refractivity (Wildman–Crippen MR) is 191 cm³/mol. The monoisotopic (exact) mass is 638 g/mol. The van der Waals surface area contributed by atoms with Gasteiger partial charge in [0.1, 0.15) is 5.84 Å². The van der Waals surface area contributed by atoms with Crippen LogP contribution in [0, 0.1) is 5.41 Å². The topological polar surface area (TPSA) is 110 Å². The van der Waals surface area contributed by atoms with E-state index < -0.39 is 0 Å². The van der Waals surface area contributed by atoms with Crippen molar-refractivity contribution in [1.29, 1.82) is 5.41 Å². The Bertz CT molecular complexity index is 1500. The molecule has 0 saturated carbocycles. The average molecular weight is 639 g/mol. The molecule has 3 amide bonds. The first-order valence-corrected chi connectivity index (χ1v) is 16.3. The van der Waals surface area contributed by atoms with Crippen LogP contribution in [0.5, 0.6) is 0 Å². The summed E-state index contributed by atoms with van der Waals surface area (Å²) in [6.07, 6.45) is 4.56. The molecule has 0 unspecified atom stereocenters. The number of nitrogens with zero attached hydrogens (tertiary/aromatic N) is 2. The van der Waals surface area contributed by atoms with Gasteiger partial charge in [-0.2, -0.15) is 0 Å². The van der Waals surface area contributed by atoms with Gasteiger partial charge in [-0.15, -0.1) is 0 Å². The number of urea groups is 1. The molecular weight excluding hydrogens is 593 g/mol. The Morgan fingerprint density at radius 1 is 0.935 bits per heavy atom. The molecule has 0 aliphatic carbocycles. The van der Waals surface area contributed by atoms with Crippen molar-refractivity contribution in [1.82, 2.24) is 19.9 Å². The lowest BCUT2D eigenvalue weighted by atomic mass is 9.87. The number of anilines is 1. The molecule has 1 aromatic heterocycles. The quantitative estimate of drug-likeness (QED) is 0.0543. The smallest absolute Gasteiger partial charge is 0.316 e. The van der Waals surface area contributed by atoms with Crippen molar-refractivity contribution in [3.05, 3.63) is 114 Å². The zero-order chi connectivity index (χ0) is 33.4. The van der Waals surface area contributed by atoms with E-state index in [4.69, 9.17) is 5.41 Å². The number of benzene rings is 3. The van der Waals surface area contributed by atoms with Gasteiger partial charge in [-0.3, -0.25) is 19.9 Å². The van der Waals surface area contributed by atoms with E-state index in [0.29, 0.717) is 30.9 Å². The molecule has 3 aromatic carbocycles. The van der Waals surface area contributed by atoms with Crippen LogP contribution in [0.2, 0.25) is 0 Å². The maximum Gasteiger partial charge on any atom is 0.329 e. The number of rotatable bonds is 12. The van der Waals surface area contributed by atoms with Gasteiger partial charge >= 0.3 is 6.03 Å². The van der Waals surface area contributed by atoms with Crippen LogP contribution in [0.15, 0.2) is 102 Å². The Balaban J connectivity index is 0.000000370. The van der Waals surface area contributed by atoms with Gasteiger partial charge in [0.05, 0.1) is 17.6 Å². The van der Waals surface area contributed by atoms with Crippen LogP contribution >= 0.6 is 11.9 Å². The summed E-state index contributed by atoms with van der Waals surface area (Å²) in [7, 11) is 1.97. The first kappa shape index (κ1) is 36.0. The number of carbonyl (C=O) groups is 2. The minimum absolute atomic E-state index is 0.262. The molecule has 9 heteroatoms. The molecule has 8 nitrogen and oxygen atoms in total. The molecule has 0 radical (unpaired) electrons. The van der Waals surface area contributed by atoms with Crippen molar-refractivity contribution in [2.24, 2.45) is 0 Å². The third-order valence-electron chi connectivity index (χ3n) is 7.17. The minimum atomic E-state index is -0.314. The van der Waals surface area contributed by atoms with E-state index in [1.54, 1.807) is 6.20 Å². The number of hydrogen-bond acceptors (Lipinski definition) is 6. The summed E-state index contributed by atoms with van der Waals surface area (Å²) < 4.78 is 2.74. The molecule has 0 aliphatic heterocycles. The van der Waals surface area contributed by atoms with Gasteiger partial charge in [0, 0.05) is 30.0 Å². The Morgan fingerprint density at radius 2 is 1.61 bits per heavy atom. The van der Waals surface area contributed by atoms with Crippen molar-refractivity contribution in [2.75, 3.05) is 18.9 Å². The first-order valence-electron chi connectivity index (χ1n) is 15.5. The van der Waals surface area contributed by atoms with Gasteiger partial charge in [0.2, 0.25) is 6.41 Å². The standard InChI is InChI=1S/C25H27N5O2S.C12H19N/c1-2-30(18-31)24(26)10-6-7-19-11-13-20(14-12-19)23-16-15-21(17-27-23)28-25(32)29-33-22-8-4-3-5-9-22;1-12(2,3)11-7-5-10(6-8-11)9-13-4/h3-5,8-9,11-18,26H,2,6-7,10H2,1H3,(H2,28,29,32);5-8,13H,9H2,1-4H3. The summed E-state index contributed by atoms with van der Waals surface area (Å²) in [5.41, 5.74) is 6.59. The lowest BCUT2D eigenvalue weighted by Crippen LogP contribution is -2.28. The molecule has 0 saturated heterocycles. The van der Waals surface area contributed by atoms with E-state index in [1.165, 1.54) is 33.5 Å². The Hall–Kier alpha value is -4.47. The Kier molecular flexibility index (Phi) is 14.5. The summed E-state index contributed by atoms with van der Waals surface area (Å²) in [4.78, 5) is 29.8. The number of amides is 3. The van der Waals surface area contributed by atoms with E-state index in [1.807, 2.05) is 68.6 Å². The predicted octanol–water partition coefficient (Wildman–Crippen LogP) is 8.06. The molecule has 0 atom stereocenters. The number of amidine groups is 1. The molecule has 1 heterocycles. The second-order valence-corrected chi connectivity index (χ2v) is 12.6. The third kappa shape index (κ3) is 12.1. The van der Waals surface area contributed by atoms with Crippen molar-refractivity contribution in [2.45, 2.75) is 63.8 Å². The lowest BCUT2D eigenvalue weighted by molar-refractivity contribution is -0.114. The summed E-state index contributed by atoms with van der Waals surface area (Å²) in [6.45, 7) is 10.0. The highest BCUT2D eigenvalue weighted by atomic mass is 32.2. The molecule has 4 rings (SSSR count). The normalized spacial score (nSPS) is 10.7. The Morgan fingerprint density at radius 3 is 2.17 bits per heavy atom. The van der Waals surface area contributed by atoms with Gasteiger partial charge in [-0.05, 0) is 85.1 Å². The maximum atomic E-state index is 12.1. The fourth-order valence-electron chi connectivity index (χ4n) is 4.49. The highest BCUT2D eigenvalue weighted by Gasteiger charge is 2.12. The number of pyridine rings is 1. The molecule has 0 bridgehead atoms. The summed E-state index contributed by atoms with van der Waals surface area (Å²) in [5, 5.41) is 13.9.